The number of aliphatic hydroxyl groups is 5. The van der Waals surface area contributed by atoms with Gasteiger partial charge < -0.3 is 30.8 Å². The highest BCUT2D eigenvalue weighted by molar-refractivity contribution is 7.99. The number of anilines is 1. The van der Waals surface area contributed by atoms with Crippen LogP contribution in [0.1, 0.15) is 11.4 Å². The lowest BCUT2D eigenvalue weighted by Crippen LogP contribution is -2.46. The van der Waals surface area contributed by atoms with Crippen LogP contribution in [-0.4, -0.2) is 89.2 Å². The number of rotatable bonds is 13. The number of hydrogen-bond donors (Lipinski definition) is 7. The Morgan fingerprint density at radius 2 is 1.76 bits per heavy atom. The first-order valence-corrected chi connectivity index (χ1v) is 12.4. The van der Waals surface area contributed by atoms with Crippen LogP contribution in [0, 0.1) is 6.92 Å². The molecule has 7 N–H and O–H groups in total. The van der Waals surface area contributed by atoms with E-state index in [2.05, 4.69) is 26.0 Å². The van der Waals surface area contributed by atoms with Crippen molar-refractivity contribution in [3.63, 3.8) is 0 Å². The highest BCUT2D eigenvalue weighted by Gasteiger charge is 2.29. The van der Waals surface area contributed by atoms with Gasteiger partial charge in [-0.2, -0.15) is 5.10 Å². The molecule has 0 spiro atoms. The van der Waals surface area contributed by atoms with Crippen LogP contribution in [0.25, 0.3) is 5.69 Å². The van der Waals surface area contributed by atoms with Gasteiger partial charge in [-0.25, -0.2) is 5.43 Å². The highest BCUT2D eigenvalue weighted by Crippen LogP contribution is 2.22. The monoisotopic (exact) mass is 530 g/mol. The van der Waals surface area contributed by atoms with Gasteiger partial charge in [-0.15, -0.1) is 10.2 Å². The second kappa shape index (κ2) is 13.8. The molecule has 0 saturated heterocycles. The normalized spacial score (nSPS) is 14.8. The number of aryl methyl sites for hydroxylation is 1. The Bertz CT molecular complexity index is 1160. The van der Waals surface area contributed by atoms with E-state index in [-0.39, 0.29) is 5.75 Å². The molecule has 0 aliphatic heterocycles. The van der Waals surface area contributed by atoms with Gasteiger partial charge in [0, 0.05) is 11.4 Å². The zero-order valence-corrected chi connectivity index (χ0v) is 20.9. The molecule has 12 nitrogen and oxygen atoms in total. The third-order valence-corrected chi connectivity index (χ3v) is 6.18. The third-order valence-electron chi connectivity index (χ3n) is 5.25. The van der Waals surface area contributed by atoms with Gasteiger partial charge in [0.25, 0.3) is 5.91 Å². The number of thioether (sulfide) groups is 1. The van der Waals surface area contributed by atoms with Crippen LogP contribution in [-0.2, 0) is 11.3 Å². The number of para-hydroxylation sites is 1. The average Bonchev–Trinajstić information content (AvgIpc) is 3.33. The van der Waals surface area contributed by atoms with E-state index in [4.69, 9.17) is 5.11 Å². The van der Waals surface area contributed by atoms with E-state index in [1.54, 1.807) is 0 Å². The molecule has 1 heterocycles. The number of amides is 1. The van der Waals surface area contributed by atoms with Gasteiger partial charge in [0.05, 0.1) is 25.1 Å². The summed E-state index contributed by atoms with van der Waals surface area (Å²) in [5.41, 5.74) is 5.13. The van der Waals surface area contributed by atoms with Gasteiger partial charge in [0.15, 0.2) is 11.0 Å². The molecule has 1 aromatic heterocycles. The molecule has 0 aliphatic rings. The minimum atomic E-state index is -1.81. The third kappa shape index (κ3) is 8.08. The minimum Gasteiger partial charge on any atom is -0.394 e. The summed E-state index contributed by atoms with van der Waals surface area (Å²) in [4.78, 5) is 12.3. The fourth-order valence-corrected chi connectivity index (χ4v) is 3.93. The van der Waals surface area contributed by atoms with Crippen LogP contribution in [0.4, 0.5) is 5.69 Å². The molecule has 0 aliphatic carbocycles. The predicted molar refractivity (Wildman–Crippen MR) is 138 cm³/mol. The van der Waals surface area contributed by atoms with Crippen LogP contribution in [0.15, 0.2) is 64.9 Å². The molecule has 0 fully saturated rings. The van der Waals surface area contributed by atoms with Crippen LogP contribution in [0.2, 0.25) is 0 Å². The number of carbonyl (C=O) groups is 1. The molecule has 3 aromatic rings. The maximum absolute atomic E-state index is 12.3. The fraction of sp³-hybridized carbons (Fsp3) is 0.333. The minimum absolute atomic E-state index is 0.0712. The zero-order valence-electron chi connectivity index (χ0n) is 20.0. The number of nitrogens with one attached hydrogen (secondary N) is 2. The topological polar surface area (TPSA) is 185 Å². The van der Waals surface area contributed by atoms with Gasteiger partial charge in [0.1, 0.15) is 24.4 Å². The number of aliphatic hydroxyl groups excluding tert-OH is 5. The van der Waals surface area contributed by atoms with Gasteiger partial charge in [-0.1, -0.05) is 47.7 Å². The first-order chi connectivity index (χ1) is 17.8. The second-order valence-electron chi connectivity index (χ2n) is 8.11. The summed E-state index contributed by atoms with van der Waals surface area (Å²) >= 11 is 1.13. The quantitative estimate of drug-likeness (QED) is 0.0888. The van der Waals surface area contributed by atoms with Crippen LogP contribution in [0.5, 0.6) is 0 Å². The van der Waals surface area contributed by atoms with E-state index in [1.165, 1.54) is 0 Å². The Hall–Kier alpha value is -3.33. The summed E-state index contributed by atoms with van der Waals surface area (Å²) in [6.07, 6.45) is -6.12. The molecular formula is C24H30N6O6S. The van der Waals surface area contributed by atoms with Crippen molar-refractivity contribution in [1.82, 2.24) is 20.2 Å². The molecule has 3 rings (SSSR count). The Balaban J connectivity index is 1.61. The van der Waals surface area contributed by atoms with Crippen molar-refractivity contribution < 1.29 is 30.3 Å². The van der Waals surface area contributed by atoms with E-state index < -0.39 is 36.9 Å². The number of aromatic nitrogens is 3. The summed E-state index contributed by atoms with van der Waals surface area (Å²) in [5, 5.41) is 63.3. The Labute approximate surface area is 217 Å². The van der Waals surface area contributed by atoms with E-state index in [1.807, 2.05) is 66.1 Å². The molecule has 37 heavy (non-hydrogen) atoms. The number of hydrogen-bond acceptors (Lipinski definition) is 11. The lowest BCUT2D eigenvalue weighted by atomic mass is 10.0. The maximum atomic E-state index is 12.3. The van der Waals surface area contributed by atoms with Crippen LogP contribution >= 0.6 is 11.8 Å². The molecule has 0 saturated carbocycles. The Morgan fingerprint density at radius 3 is 2.43 bits per heavy atom. The molecule has 13 heteroatoms. The van der Waals surface area contributed by atoms with Crippen molar-refractivity contribution in [1.29, 1.82) is 0 Å². The standard InChI is InChI=1S/C24H30N6O6S/c1-15-7-9-16(10-8-15)25-12-20-27-29-24(30(20)17-5-3-2-4-6-17)37-14-21(34)28-26-11-18(32)22(35)23(36)19(33)13-31/h2-11,18-19,22-23,25,31-33,35-36H,12-14H2,1H3,(H,28,34). The van der Waals surface area contributed by atoms with Crippen LogP contribution < -0.4 is 10.7 Å². The zero-order chi connectivity index (χ0) is 26.8. The Morgan fingerprint density at radius 1 is 1.05 bits per heavy atom. The van der Waals surface area contributed by atoms with Crippen molar-refractivity contribution >= 4 is 29.6 Å². The largest absolute Gasteiger partial charge is 0.394 e. The molecular weight excluding hydrogens is 500 g/mol. The lowest BCUT2D eigenvalue weighted by Gasteiger charge is -2.23. The molecule has 198 valence electrons. The maximum Gasteiger partial charge on any atom is 0.250 e. The van der Waals surface area contributed by atoms with Crippen molar-refractivity contribution in [2.45, 2.75) is 43.0 Å². The van der Waals surface area contributed by atoms with E-state index >= 15 is 0 Å². The van der Waals surface area contributed by atoms with Crippen molar-refractivity contribution in [3.05, 3.63) is 66.0 Å². The number of nitrogens with zero attached hydrogens (tertiary/aromatic N) is 4. The first-order valence-electron chi connectivity index (χ1n) is 11.4. The first kappa shape index (κ1) is 28.2. The van der Waals surface area contributed by atoms with Crippen molar-refractivity contribution in [2.24, 2.45) is 5.10 Å². The van der Waals surface area contributed by atoms with Crippen LogP contribution in [0.3, 0.4) is 0 Å². The fourth-order valence-electron chi connectivity index (χ4n) is 3.17. The summed E-state index contributed by atoms with van der Waals surface area (Å²) in [5.74, 6) is 0.0623. The Kier molecular flexibility index (Phi) is 10.6. The summed E-state index contributed by atoms with van der Waals surface area (Å²) in [6.45, 7) is 1.62. The average molecular weight is 531 g/mol. The van der Waals surface area contributed by atoms with E-state index in [0.29, 0.717) is 17.5 Å². The summed E-state index contributed by atoms with van der Waals surface area (Å²) in [6, 6.07) is 17.4. The van der Waals surface area contributed by atoms with Crippen molar-refractivity contribution in [3.8, 4) is 5.69 Å². The SMILES string of the molecule is Cc1ccc(NCc2nnc(SCC(=O)NN=CC(O)C(O)C(O)C(O)CO)n2-c2ccccc2)cc1. The molecule has 4 atom stereocenters. The summed E-state index contributed by atoms with van der Waals surface area (Å²) < 4.78 is 1.84. The van der Waals surface area contributed by atoms with Gasteiger partial charge in [-0.3, -0.25) is 9.36 Å². The smallest absolute Gasteiger partial charge is 0.250 e. The number of benzene rings is 2. The summed E-state index contributed by atoms with van der Waals surface area (Å²) in [7, 11) is 0. The predicted octanol–water partition coefficient (Wildman–Crippen LogP) is -0.182. The number of carbonyl (C=O) groups excluding carboxylic acids is 1. The van der Waals surface area contributed by atoms with Gasteiger partial charge in [-0.05, 0) is 31.2 Å². The molecule has 0 bridgehead atoms. The second-order valence-corrected chi connectivity index (χ2v) is 9.06. The molecule has 1 amide bonds. The molecule has 4 unspecified atom stereocenters. The molecule has 2 aromatic carbocycles. The van der Waals surface area contributed by atoms with Gasteiger partial charge in [0.2, 0.25) is 0 Å². The van der Waals surface area contributed by atoms with E-state index in [9.17, 15) is 25.2 Å². The number of hydrazone groups is 1. The van der Waals surface area contributed by atoms with E-state index in [0.717, 1.165) is 34.9 Å². The highest BCUT2D eigenvalue weighted by atomic mass is 32.2. The molecule has 0 radical (unpaired) electrons. The van der Waals surface area contributed by atoms with Crippen molar-refractivity contribution in [2.75, 3.05) is 17.7 Å². The lowest BCUT2D eigenvalue weighted by molar-refractivity contribution is -0.118. The van der Waals surface area contributed by atoms with Gasteiger partial charge >= 0.3 is 0 Å².